The number of aliphatic hydroxyl groups excluding tert-OH is 1. The molecule has 0 spiro atoms. The Balaban J connectivity index is 0.00000342. The van der Waals surface area contributed by atoms with Crippen LogP contribution < -0.4 is 10.6 Å². The van der Waals surface area contributed by atoms with Crippen LogP contribution in [0.2, 0.25) is 0 Å². The average molecular weight is 491 g/mol. The molecule has 0 saturated heterocycles. The number of fused-ring (bicyclic) bond motifs is 1. The second-order valence-corrected chi connectivity index (χ2v) is 8.42. The van der Waals surface area contributed by atoms with Crippen molar-refractivity contribution in [3.63, 3.8) is 0 Å². The molecular formula is C26H30N6O2S. The quantitative estimate of drug-likeness (QED) is 0.344. The number of hydrogen-bond acceptors (Lipinski definition) is 7. The van der Waals surface area contributed by atoms with Crippen LogP contribution in [0.5, 0.6) is 0 Å². The van der Waals surface area contributed by atoms with Gasteiger partial charge in [0.05, 0.1) is 23.4 Å². The van der Waals surface area contributed by atoms with Gasteiger partial charge in [-0.1, -0.05) is 25.1 Å². The van der Waals surface area contributed by atoms with Gasteiger partial charge in [0.15, 0.2) is 0 Å². The van der Waals surface area contributed by atoms with Gasteiger partial charge < -0.3 is 15.7 Å². The summed E-state index contributed by atoms with van der Waals surface area (Å²) in [4.78, 5) is 30.3. The van der Waals surface area contributed by atoms with Crippen molar-refractivity contribution in [2.24, 2.45) is 0 Å². The first-order valence-corrected chi connectivity index (χ1v) is 11.2. The summed E-state index contributed by atoms with van der Waals surface area (Å²) < 4.78 is 0. The van der Waals surface area contributed by atoms with E-state index in [9.17, 15) is 9.90 Å². The Labute approximate surface area is 211 Å². The van der Waals surface area contributed by atoms with Crippen molar-refractivity contribution in [3.05, 3.63) is 78.0 Å². The molecule has 0 aliphatic carbocycles. The maximum atomic E-state index is 12.7. The lowest BCUT2D eigenvalue weighted by molar-refractivity contribution is 0.0924. The predicted octanol–water partition coefficient (Wildman–Crippen LogP) is 3.83. The SMILES string of the molecule is Cc1ccc(-c2cc(NC[C@@H](C)c3cccc4c(C(=O)NC(C)CO)ccnc34)ncn2)cn1.S. The number of para-hydroxylation sites is 1. The highest BCUT2D eigenvalue weighted by molar-refractivity contribution is 7.59. The van der Waals surface area contributed by atoms with Crippen molar-refractivity contribution < 1.29 is 9.90 Å². The molecule has 0 radical (unpaired) electrons. The summed E-state index contributed by atoms with van der Waals surface area (Å²) in [5.41, 5.74) is 5.06. The molecule has 3 heterocycles. The van der Waals surface area contributed by atoms with Crippen molar-refractivity contribution in [1.82, 2.24) is 25.3 Å². The topological polar surface area (TPSA) is 113 Å². The fourth-order valence-corrected chi connectivity index (χ4v) is 3.74. The van der Waals surface area contributed by atoms with Crippen LogP contribution in [0.3, 0.4) is 0 Å². The van der Waals surface area contributed by atoms with E-state index in [-0.39, 0.29) is 38.0 Å². The number of benzene rings is 1. The first kappa shape index (κ1) is 26.1. The molecule has 2 atom stereocenters. The largest absolute Gasteiger partial charge is 0.394 e. The highest BCUT2D eigenvalue weighted by Crippen LogP contribution is 2.27. The number of carbonyl (C=O) groups is 1. The van der Waals surface area contributed by atoms with Crippen molar-refractivity contribution in [2.75, 3.05) is 18.5 Å². The second-order valence-electron chi connectivity index (χ2n) is 8.42. The Hall–Kier alpha value is -3.56. The number of aliphatic hydroxyl groups is 1. The number of hydrogen-bond donors (Lipinski definition) is 3. The minimum absolute atomic E-state index is 0. The van der Waals surface area contributed by atoms with Crippen molar-refractivity contribution in [2.45, 2.75) is 32.7 Å². The zero-order chi connectivity index (χ0) is 24.1. The van der Waals surface area contributed by atoms with Crippen LogP contribution in [-0.2, 0) is 0 Å². The van der Waals surface area contributed by atoms with Gasteiger partial charge in [0, 0.05) is 53.6 Å². The third-order valence-corrected chi connectivity index (χ3v) is 5.69. The zero-order valence-electron chi connectivity index (χ0n) is 20.0. The molecule has 4 aromatic rings. The van der Waals surface area contributed by atoms with Crippen LogP contribution in [0.1, 0.15) is 41.4 Å². The molecule has 4 rings (SSSR count). The van der Waals surface area contributed by atoms with Crippen LogP contribution in [-0.4, -0.2) is 50.1 Å². The molecule has 0 aliphatic heterocycles. The van der Waals surface area contributed by atoms with Gasteiger partial charge in [0.1, 0.15) is 12.1 Å². The first-order chi connectivity index (χ1) is 16.5. The minimum atomic E-state index is -0.324. The first-order valence-electron chi connectivity index (χ1n) is 11.2. The highest BCUT2D eigenvalue weighted by Gasteiger charge is 2.17. The zero-order valence-corrected chi connectivity index (χ0v) is 21.0. The summed E-state index contributed by atoms with van der Waals surface area (Å²) in [5, 5.41) is 16.2. The molecule has 1 amide bonds. The van der Waals surface area contributed by atoms with Crippen LogP contribution in [0.15, 0.2) is 61.2 Å². The van der Waals surface area contributed by atoms with Gasteiger partial charge in [-0.15, -0.1) is 0 Å². The third-order valence-electron chi connectivity index (χ3n) is 5.69. The number of pyridine rings is 2. The Morgan fingerprint density at radius 3 is 2.63 bits per heavy atom. The molecule has 35 heavy (non-hydrogen) atoms. The summed E-state index contributed by atoms with van der Waals surface area (Å²) in [5.74, 6) is 0.602. The molecule has 1 unspecified atom stereocenters. The Morgan fingerprint density at radius 1 is 1.06 bits per heavy atom. The Kier molecular flexibility index (Phi) is 8.73. The number of carbonyl (C=O) groups excluding carboxylic acids is 1. The molecule has 8 nitrogen and oxygen atoms in total. The van der Waals surface area contributed by atoms with E-state index in [1.807, 2.05) is 43.3 Å². The minimum Gasteiger partial charge on any atom is -0.394 e. The maximum absolute atomic E-state index is 12.7. The van der Waals surface area contributed by atoms with Crippen LogP contribution in [0.25, 0.3) is 22.2 Å². The molecule has 0 fully saturated rings. The lowest BCUT2D eigenvalue weighted by Gasteiger charge is -2.17. The number of nitrogens with zero attached hydrogens (tertiary/aromatic N) is 4. The van der Waals surface area contributed by atoms with Gasteiger partial charge in [-0.3, -0.25) is 14.8 Å². The van der Waals surface area contributed by atoms with Crippen LogP contribution in [0, 0.1) is 6.92 Å². The van der Waals surface area contributed by atoms with Gasteiger partial charge in [-0.2, -0.15) is 13.5 Å². The molecule has 182 valence electrons. The van der Waals surface area contributed by atoms with Gasteiger partial charge in [-0.25, -0.2) is 9.97 Å². The number of nitrogens with one attached hydrogen (secondary N) is 2. The lowest BCUT2D eigenvalue weighted by atomic mass is 9.96. The summed E-state index contributed by atoms with van der Waals surface area (Å²) in [6.07, 6.45) is 5.00. The van der Waals surface area contributed by atoms with E-state index in [0.717, 1.165) is 39.2 Å². The molecule has 9 heteroatoms. The van der Waals surface area contributed by atoms with E-state index < -0.39 is 0 Å². The number of amides is 1. The molecule has 0 aliphatic rings. The predicted molar refractivity (Wildman–Crippen MR) is 143 cm³/mol. The summed E-state index contributed by atoms with van der Waals surface area (Å²) >= 11 is 0. The Morgan fingerprint density at radius 2 is 1.89 bits per heavy atom. The number of aromatic nitrogens is 4. The standard InChI is InChI=1S/C26H28N6O2.H2S/c1-16(12-29-24-11-23(30-15-31-24)19-8-7-17(2)28-13-19)20-5-4-6-21-22(9-10-27-25(20)21)26(34)32-18(3)14-33;/h4-11,13,15-16,18,33H,12,14H2,1-3H3,(H,32,34)(H,29,30,31);1H2/t16-,18?;/m1./s1. The monoisotopic (exact) mass is 490 g/mol. The fraction of sp³-hybridized carbons (Fsp3) is 0.269. The van der Waals surface area contributed by atoms with Gasteiger partial charge in [-0.05, 0) is 37.6 Å². The highest BCUT2D eigenvalue weighted by atomic mass is 32.1. The number of rotatable bonds is 8. The van der Waals surface area contributed by atoms with E-state index >= 15 is 0 Å². The molecular weight excluding hydrogens is 460 g/mol. The molecule has 0 saturated carbocycles. The molecule has 3 N–H and O–H groups in total. The van der Waals surface area contributed by atoms with E-state index in [0.29, 0.717) is 12.1 Å². The number of anilines is 1. The molecule has 3 aromatic heterocycles. The van der Waals surface area contributed by atoms with E-state index in [1.54, 1.807) is 31.7 Å². The van der Waals surface area contributed by atoms with Gasteiger partial charge in [0.2, 0.25) is 0 Å². The summed E-state index contributed by atoms with van der Waals surface area (Å²) in [7, 11) is 0. The van der Waals surface area contributed by atoms with Gasteiger partial charge >= 0.3 is 0 Å². The molecule has 1 aromatic carbocycles. The lowest BCUT2D eigenvalue weighted by Crippen LogP contribution is -2.35. The normalized spacial score (nSPS) is 12.5. The van der Waals surface area contributed by atoms with E-state index in [2.05, 4.69) is 37.5 Å². The van der Waals surface area contributed by atoms with Crippen LogP contribution >= 0.6 is 13.5 Å². The van der Waals surface area contributed by atoms with E-state index in [4.69, 9.17) is 0 Å². The molecule has 0 bridgehead atoms. The fourth-order valence-electron chi connectivity index (χ4n) is 3.74. The van der Waals surface area contributed by atoms with E-state index in [1.165, 1.54) is 0 Å². The maximum Gasteiger partial charge on any atom is 0.252 e. The summed E-state index contributed by atoms with van der Waals surface area (Å²) in [6, 6.07) is 13.1. The Bertz CT molecular complexity index is 1300. The van der Waals surface area contributed by atoms with Crippen molar-refractivity contribution in [1.29, 1.82) is 0 Å². The van der Waals surface area contributed by atoms with Crippen molar-refractivity contribution >= 4 is 36.1 Å². The second kappa shape index (κ2) is 11.7. The van der Waals surface area contributed by atoms with Crippen LogP contribution in [0.4, 0.5) is 5.82 Å². The van der Waals surface area contributed by atoms with Gasteiger partial charge in [0.25, 0.3) is 5.91 Å². The third kappa shape index (κ3) is 6.12. The number of aryl methyl sites for hydroxylation is 1. The summed E-state index contributed by atoms with van der Waals surface area (Å²) in [6.45, 7) is 6.32. The average Bonchev–Trinajstić information content (AvgIpc) is 2.87. The smallest absolute Gasteiger partial charge is 0.252 e. The van der Waals surface area contributed by atoms with Crippen molar-refractivity contribution in [3.8, 4) is 11.3 Å².